The van der Waals surface area contributed by atoms with Gasteiger partial charge in [0.05, 0.1) is 6.04 Å². The molecule has 1 saturated carbocycles. The third kappa shape index (κ3) is 3.30. The van der Waals surface area contributed by atoms with Gasteiger partial charge in [0, 0.05) is 18.0 Å². The van der Waals surface area contributed by atoms with E-state index in [1.54, 1.807) is 0 Å². The van der Waals surface area contributed by atoms with Crippen molar-refractivity contribution in [3.8, 4) is 0 Å². The van der Waals surface area contributed by atoms with Crippen molar-refractivity contribution in [2.75, 3.05) is 7.05 Å². The summed E-state index contributed by atoms with van der Waals surface area (Å²) in [6.45, 7) is 0.813. The molecule has 0 bridgehead atoms. The molecule has 1 fully saturated rings. The average molecular weight is 252 g/mol. The molecule has 0 N–H and O–H groups in total. The molecule has 0 aromatic heterocycles. The molecule has 1 atom stereocenters. The van der Waals surface area contributed by atoms with E-state index in [9.17, 15) is 4.79 Å². The molecule has 0 saturated heterocycles. The van der Waals surface area contributed by atoms with Crippen LogP contribution in [0.15, 0.2) is 24.3 Å². The van der Waals surface area contributed by atoms with E-state index >= 15 is 0 Å². The van der Waals surface area contributed by atoms with Crippen molar-refractivity contribution in [1.29, 1.82) is 0 Å². The normalized spacial score (nSPS) is 20.9. The molecule has 2 rings (SSSR count). The van der Waals surface area contributed by atoms with Crippen LogP contribution in [0.3, 0.4) is 0 Å². The molecule has 3 heteroatoms. The highest BCUT2D eigenvalue weighted by atomic mass is 35.5. The van der Waals surface area contributed by atoms with Crippen LogP contribution in [0.2, 0.25) is 5.02 Å². The van der Waals surface area contributed by atoms with Crippen molar-refractivity contribution in [1.82, 2.24) is 4.90 Å². The maximum absolute atomic E-state index is 11.8. The molecule has 0 amide bonds. The lowest BCUT2D eigenvalue weighted by atomic mass is 9.93. The van der Waals surface area contributed by atoms with Gasteiger partial charge in [-0.1, -0.05) is 30.2 Å². The second-order valence-corrected chi connectivity index (χ2v) is 5.21. The molecule has 2 nitrogen and oxygen atoms in total. The summed E-state index contributed by atoms with van der Waals surface area (Å²) in [6, 6.07) is 7.94. The number of Topliss-reactive ketones (excluding diaryl/α,β-unsaturated/α-hetero) is 1. The predicted molar refractivity (Wildman–Crippen MR) is 70.2 cm³/mol. The first-order chi connectivity index (χ1) is 8.16. The fourth-order valence-electron chi connectivity index (χ4n) is 2.42. The summed E-state index contributed by atoms with van der Waals surface area (Å²) < 4.78 is 0. The van der Waals surface area contributed by atoms with Gasteiger partial charge in [0.1, 0.15) is 5.78 Å². The van der Waals surface area contributed by atoms with Crippen LogP contribution in [-0.4, -0.2) is 23.8 Å². The number of likely N-dealkylation sites (N-methyl/N-ethyl adjacent to an activating group) is 1. The van der Waals surface area contributed by atoms with Gasteiger partial charge >= 0.3 is 0 Å². The summed E-state index contributed by atoms with van der Waals surface area (Å²) in [6.07, 6.45) is 3.98. The third-order valence-corrected chi connectivity index (χ3v) is 3.65. The highest BCUT2D eigenvalue weighted by Crippen LogP contribution is 2.20. The van der Waals surface area contributed by atoms with Crippen LogP contribution >= 0.6 is 11.6 Å². The van der Waals surface area contributed by atoms with Crippen molar-refractivity contribution < 1.29 is 4.79 Å². The zero-order chi connectivity index (χ0) is 12.3. The molecule has 1 aromatic rings. The quantitative estimate of drug-likeness (QED) is 0.822. The molecule has 1 aliphatic carbocycles. The van der Waals surface area contributed by atoms with E-state index in [2.05, 4.69) is 4.90 Å². The Morgan fingerprint density at radius 3 is 2.65 bits per heavy atom. The van der Waals surface area contributed by atoms with Crippen molar-refractivity contribution in [3.63, 3.8) is 0 Å². The van der Waals surface area contributed by atoms with Gasteiger partial charge in [-0.15, -0.1) is 0 Å². The highest BCUT2D eigenvalue weighted by Gasteiger charge is 2.25. The Balaban J connectivity index is 1.98. The van der Waals surface area contributed by atoms with Crippen LogP contribution in [0.4, 0.5) is 0 Å². The molecule has 1 unspecified atom stereocenters. The van der Waals surface area contributed by atoms with E-state index in [0.29, 0.717) is 5.78 Å². The van der Waals surface area contributed by atoms with Crippen LogP contribution in [0.25, 0.3) is 0 Å². The molecule has 17 heavy (non-hydrogen) atoms. The monoisotopic (exact) mass is 251 g/mol. The first-order valence-corrected chi connectivity index (χ1v) is 6.52. The van der Waals surface area contributed by atoms with Gasteiger partial charge in [0.2, 0.25) is 0 Å². The van der Waals surface area contributed by atoms with Crippen LogP contribution < -0.4 is 0 Å². The Labute approximate surface area is 108 Å². The average Bonchev–Trinajstić information content (AvgIpc) is 2.32. The molecule has 0 spiro atoms. The molecule has 0 radical (unpaired) electrons. The number of carbonyl (C=O) groups is 1. The second kappa shape index (κ2) is 5.65. The van der Waals surface area contributed by atoms with Crippen LogP contribution in [0.5, 0.6) is 0 Å². The largest absolute Gasteiger partial charge is 0.298 e. The first kappa shape index (κ1) is 12.6. The maximum atomic E-state index is 11.8. The summed E-state index contributed by atoms with van der Waals surface area (Å²) in [5.41, 5.74) is 1.20. The van der Waals surface area contributed by atoms with Gasteiger partial charge in [-0.2, -0.15) is 0 Å². The maximum Gasteiger partial charge on any atom is 0.149 e. The number of rotatable bonds is 3. The molecule has 1 aromatic carbocycles. The smallest absolute Gasteiger partial charge is 0.149 e. The van der Waals surface area contributed by atoms with E-state index in [1.165, 1.54) is 12.0 Å². The molecular weight excluding hydrogens is 234 g/mol. The number of nitrogens with zero attached hydrogens (tertiary/aromatic N) is 1. The van der Waals surface area contributed by atoms with E-state index in [0.717, 1.165) is 30.8 Å². The Bertz CT molecular complexity index is 388. The summed E-state index contributed by atoms with van der Waals surface area (Å²) in [4.78, 5) is 14.0. The zero-order valence-electron chi connectivity index (χ0n) is 10.2. The van der Waals surface area contributed by atoms with Crippen molar-refractivity contribution in [3.05, 3.63) is 34.9 Å². The Morgan fingerprint density at radius 2 is 2.00 bits per heavy atom. The van der Waals surface area contributed by atoms with Gasteiger partial charge in [-0.25, -0.2) is 0 Å². The standard InChI is InChI=1S/C14H18ClNO/c1-16(13-4-2-3-5-14(13)17)10-11-6-8-12(15)9-7-11/h6-9,13H,2-5,10H2,1H3. The lowest BCUT2D eigenvalue weighted by Gasteiger charge is -2.29. The van der Waals surface area contributed by atoms with Gasteiger partial charge < -0.3 is 0 Å². The topological polar surface area (TPSA) is 20.3 Å². The highest BCUT2D eigenvalue weighted by molar-refractivity contribution is 6.30. The fraction of sp³-hybridized carbons (Fsp3) is 0.500. The van der Waals surface area contributed by atoms with Crippen molar-refractivity contribution >= 4 is 17.4 Å². The predicted octanol–water partition coefficient (Wildman–Crippen LogP) is 3.28. The van der Waals surface area contributed by atoms with Gasteiger partial charge in [-0.05, 0) is 37.6 Å². The van der Waals surface area contributed by atoms with Crippen LogP contribution in [-0.2, 0) is 11.3 Å². The zero-order valence-corrected chi connectivity index (χ0v) is 10.9. The minimum absolute atomic E-state index is 0.111. The lowest BCUT2D eigenvalue weighted by Crippen LogP contribution is -2.39. The van der Waals surface area contributed by atoms with E-state index in [-0.39, 0.29) is 6.04 Å². The Morgan fingerprint density at radius 1 is 1.29 bits per heavy atom. The summed E-state index contributed by atoms with van der Waals surface area (Å²) in [5.74, 6) is 0.396. The summed E-state index contributed by atoms with van der Waals surface area (Å²) in [7, 11) is 2.03. The fourth-order valence-corrected chi connectivity index (χ4v) is 2.54. The second-order valence-electron chi connectivity index (χ2n) is 4.77. The number of halogens is 1. The number of benzene rings is 1. The first-order valence-electron chi connectivity index (χ1n) is 6.14. The van der Waals surface area contributed by atoms with Crippen molar-refractivity contribution in [2.45, 2.75) is 38.3 Å². The van der Waals surface area contributed by atoms with E-state index < -0.39 is 0 Å². The molecule has 0 heterocycles. The van der Waals surface area contributed by atoms with Crippen LogP contribution in [0.1, 0.15) is 31.2 Å². The van der Waals surface area contributed by atoms with Gasteiger partial charge in [-0.3, -0.25) is 9.69 Å². The van der Waals surface area contributed by atoms with E-state index in [4.69, 9.17) is 11.6 Å². The third-order valence-electron chi connectivity index (χ3n) is 3.40. The summed E-state index contributed by atoms with van der Waals surface area (Å²) in [5, 5.41) is 0.755. The molecular formula is C14H18ClNO. The van der Waals surface area contributed by atoms with Gasteiger partial charge in [0.25, 0.3) is 0 Å². The lowest BCUT2D eigenvalue weighted by molar-refractivity contribution is -0.125. The minimum Gasteiger partial charge on any atom is -0.298 e. The SMILES string of the molecule is CN(Cc1ccc(Cl)cc1)C1CCCCC1=O. The van der Waals surface area contributed by atoms with E-state index in [1.807, 2.05) is 31.3 Å². The Hall–Kier alpha value is -0.860. The number of hydrogen-bond donors (Lipinski definition) is 0. The molecule has 92 valence electrons. The molecule has 0 aliphatic heterocycles. The number of ketones is 1. The minimum atomic E-state index is 0.111. The van der Waals surface area contributed by atoms with Crippen LogP contribution in [0, 0.1) is 0 Å². The molecule has 1 aliphatic rings. The van der Waals surface area contributed by atoms with Gasteiger partial charge in [0.15, 0.2) is 0 Å². The van der Waals surface area contributed by atoms with Crippen molar-refractivity contribution in [2.24, 2.45) is 0 Å². The summed E-state index contributed by atoms with van der Waals surface area (Å²) >= 11 is 5.85. The number of hydrogen-bond acceptors (Lipinski definition) is 2. The Kier molecular flexibility index (Phi) is 4.19. The number of carbonyl (C=O) groups excluding carboxylic acids is 1.